The van der Waals surface area contributed by atoms with E-state index >= 15 is 0 Å². The number of nitrogens with zero attached hydrogens (tertiary/aromatic N) is 2. The fourth-order valence-corrected chi connectivity index (χ4v) is 3.40. The molecule has 1 heterocycles. The van der Waals surface area contributed by atoms with Crippen LogP contribution < -0.4 is 15.5 Å². The number of hydrogen-bond acceptors (Lipinski definition) is 4. The number of morpholine rings is 1. The summed E-state index contributed by atoms with van der Waals surface area (Å²) in [4.78, 5) is 6.61. The minimum atomic E-state index is -0.210. The maximum Gasteiger partial charge on any atom is 0.191 e. The fraction of sp³-hybridized carbons (Fsp3) is 0.667. The van der Waals surface area contributed by atoms with E-state index in [1.165, 1.54) is 0 Å². The van der Waals surface area contributed by atoms with E-state index in [9.17, 15) is 9.50 Å². The van der Waals surface area contributed by atoms with E-state index in [4.69, 9.17) is 4.74 Å². The van der Waals surface area contributed by atoms with E-state index in [0.29, 0.717) is 31.4 Å². The Kier molecular flexibility index (Phi) is 13.2. The van der Waals surface area contributed by atoms with Crippen molar-refractivity contribution in [1.82, 2.24) is 10.6 Å². The molecule has 0 spiro atoms. The van der Waals surface area contributed by atoms with Gasteiger partial charge in [-0.15, -0.1) is 24.0 Å². The van der Waals surface area contributed by atoms with Gasteiger partial charge < -0.3 is 25.4 Å². The average molecular weight is 522 g/mol. The first-order valence-electron chi connectivity index (χ1n) is 10.4. The molecule has 0 radical (unpaired) electrons. The smallest absolute Gasteiger partial charge is 0.191 e. The van der Waals surface area contributed by atoms with Gasteiger partial charge in [0, 0.05) is 32.8 Å². The first kappa shape index (κ1) is 25.9. The number of nitrogens with one attached hydrogen (secondary N) is 2. The normalized spacial score (nSPS) is 15.6. The Labute approximate surface area is 191 Å². The fourth-order valence-electron chi connectivity index (χ4n) is 3.40. The van der Waals surface area contributed by atoms with Crippen LogP contribution in [0.2, 0.25) is 0 Å². The van der Waals surface area contributed by atoms with Gasteiger partial charge in [0.25, 0.3) is 0 Å². The van der Waals surface area contributed by atoms with Crippen LogP contribution in [0.1, 0.15) is 38.7 Å². The predicted octanol–water partition coefficient (Wildman–Crippen LogP) is 3.13. The summed E-state index contributed by atoms with van der Waals surface area (Å²) in [6.45, 7) is 9.02. The second kappa shape index (κ2) is 14.8. The molecule has 1 aliphatic rings. The van der Waals surface area contributed by atoms with Crippen LogP contribution >= 0.6 is 24.0 Å². The first-order valence-corrected chi connectivity index (χ1v) is 10.4. The van der Waals surface area contributed by atoms with Gasteiger partial charge in [0.15, 0.2) is 5.96 Å². The molecular weight excluding hydrogens is 486 g/mol. The minimum absolute atomic E-state index is 0. The third-order valence-corrected chi connectivity index (χ3v) is 4.92. The Balaban J connectivity index is 0.00000420. The predicted molar refractivity (Wildman–Crippen MR) is 128 cm³/mol. The highest BCUT2D eigenvalue weighted by atomic mass is 127. The van der Waals surface area contributed by atoms with Crippen molar-refractivity contribution in [2.75, 3.05) is 50.9 Å². The lowest BCUT2D eigenvalue weighted by atomic mass is 10.0. The second-order valence-electron chi connectivity index (χ2n) is 7.13. The SMILES string of the molecule is CCCC(CCO)CNC(=NCc1ccc(N2CCOCC2)c(F)c1)NCC.I. The number of aliphatic hydroxyl groups is 1. The standard InChI is InChI=1S/C21H35FN4O2.HI/c1-3-5-17(8-11-27)15-24-21(23-4-2)25-16-18-6-7-20(19(22)14-18)26-9-12-28-13-10-26;/h6-7,14,17,27H,3-5,8-13,15-16H2,1-2H3,(H2,23,24,25);1H. The second-order valence-corrected chi connectivity index (χ2v) is 7.13. The van der Waals surface area contributed by atoms with Crippen LogP contribution in [0.4, 0.5) is 10.1 Å². The Morgan fingerprint density at radius 2 is 2.00 bits per heavy atom. The lowest BCUT2D eigenvalue weighted by Gasteiger charge is -2.29. The van der Waals surface area contributed by atoms with Crippen LogP contribution in [0.15, 0.2) is 23.2 Å². The zero-order chi connectivity index (χ0) is 20.2. The molecule has 1 unspecified atom stereocenters. The Morgan fingerprint density at radius 3 is 2.62 bits per heavy atom. The van der Waals surface area contributed by atoms with Crippen LogP contribution in [0, 0.1) is 11.7 Å². The maximum absolute atomic E-state index is 14.5. The van der Waals surface area contributed by atoms with Crippen LogP contribution in [-0.4, -0.2) is 57.1 Å². The largest absolute Gasteiger partial charge is 0.396 e. The highest BCUT2D eigenvalue weighted by molar-refractivity contribution is 14.0. The summed E-state index contributed by atoms with van der Waals surface area (Å²) in [6, 6.07) is 5.35. The maximum atomic E-state index is 14.5. The van der Waals surface area contributed by atoms with Gasteiger partial charge in [0.2, 0.25) is 0 Å². The molecule has 29 heavy (non-hydrogen) atoms. The molecule has 1 aromatic carbocycles. The molecule has 1 saturated heterocycles. The van der Waals surface area contributed by atoms with Crippen LogP contribution in [-0.2, 0) is 11.3 Å². The summed E-state index contributed by atoms with van der Waals surface area (Å²) in [5.41, 5.74) is 1.47. The van der Waals surface area contributed by atoms with Gasteiger partial charge in [0.05, 0.1) is 25.4 Å². The topological polar surface area (TPSA) is 69.1 Å². The summed E-state index contributed by atoms with van der Waals surface area (Å²) in [7, 11) is 0. The molecule has 166 valence electrons. The summed E-state index contributed by atoms with van der Waals surface area (Å²) in [6.07, 6.45) is 2.95. The molecule has 0 amide bonds. The number of ether oxygens (including phenoxy) is 1. The van der Waals surface area contributed by atoms with Gasteiger partial charge in [0.1, 0.15) is 5.82 Å². The van der Waals surface area contributed by atoms with Crippen molar-refractivity contribution in [2.45, 2.75) is 39.7 Å². The van der Waals surface area contributed by atoms with Crippen molar-refractivity contribution in [3.63, 3.8) is 0 Å². The van der Waals surface area contributed by atoms with E-state index in [1.807, 2.05) is 24.0 Å². The number of hydrogen-bond donors (Lipinski definition) is 3. The Hall–Kier alpha value is -1.13. The van der Waals surface area contributed by atoms with Crippen molar-refractivity contribution in [1.29, 1.82) is 0 Å². The lowest BCUT2D eigenvalue weighted by molar-refractivity contribution is 0.122. The van der Waals surface area contributed by atoms with E-state index in [0.717, 1.165) is 57.0 Å². The van der Waals surface area contributed by atoms with Crippen molar-refractivity contribution in [2.24, 2.45) is 10.9 Å². The molecule has 6 nitrogen and oxygen atoms in total. The number of benzene rings is 1. The number of rotatable bonds is 10. The number of halogens is 2. The summed E-state index contributed by atoms with van der Waals surface area (Å²) in [5, 5.41) is 15.8. The van der Waals surface area contributed by atoms with Gasteiger partial charge in [-0.3, -0.25) is 0 Å². The molecule has 0 saturated carbocycles. The number of anilines is 1. The summed E-state index contributed by atoms with van der Waals surface area (Å²) in [5.74, 6) is 0.932. The minimum Gasteiger partial charge on any atom is -0.396 e. The molecule has 3 N–H and O–H groups in total. The van der Waals surface area contributed by atoms with Gasteiger partial charge in [-0.25, -0.2) is 9.38 Å². The van der Waals surface area contributed by atoms with Gasteiger partial charge in [-0.1, -0.05) is 19.4 Å². The van der Waals surface area contributed by atoms with E-state index in [-0.39, 0.29) is 36.4 Å². The molecule has 2 rings (SSSR count). The molecule has 1 aromatic rings. The molecule has 1 atom stereocenters. The highest BCUT2D eigenvalue weighted by Gasteiger charge is 2.15. The molecule has 0 bridgehead atoms. The monoisotopic (exact) mass is 522 g/mol. The van der Waals surface area contributed by atoms with Gasteiger partial charge in [-0.05, 0) is 43.4 Å². The zero-order valence-corrected chi connectivity index (χ0v) is 20.0. The van der Waals surface area contributed by atoms with E-state index in [1.54, 1.807) is 6.07 Å². The Morgan fingerprint density at radius 1 is 1.24 bits per heavy atom. The van der Waals surface area contributed by atoms with Crippen molar-refractivity contribution >= 4 is 35.6 Å². The molecular formula is C21H36FIN4O2. The van der Waals surface area contributed by atoms with Crippen molar-refractivity contribution < 1.29 is 14.2 Å². The number of aliphatic imine (C=N–C) groups is 1. The zero-order valence-electron chi connectivity index (χ0n) is 17.6. The van der Waals surface area contributed by atoms with Crippen molar-refractivity contribution in [3.05, 3.63) is 29.6 Å². The van der Waals surface area contributed by atoms with Gasteiger partial charge in [-0.2, -0.15) is 0 Å². The third kappa shape index (κ3) is 9.04. The molecule has 0 aliphatic carbocycles. The number of guanidine groups is 1. The first-order chi connectivity index (χ1) is 13.7. The van der Waals surface area contributed by atoms with E-state index in [2.05, 4.69) is 22.5 Å². The Bertz CT molecular complexity index is 606. The van der Waals surface area contributed by atoms with Crippen LogP contribution in [0.3, 0.4) is 0 Å². The van der Waals surface area contributed by atoms with Crippen LogP contribution in [0.25, 0.3) is 0 Å². The molecule has 0 aromatic heterocycles. The summed E-state index contributed by atoms with van der Waals surface area (Å²) >= 11 is 0. The molecule has 1 aliphatic heterocycles. The van der Waals surface area contributed by atoms with Crippen molar-refractivity contribution in [3.8, 4) is 0 Å². The van der Waals surface area contributed by atoms with Gasteiger partial charge >= 0.3 is 0 Å². The van der Waals surface area contributed by atoms with E-state index < -0.39 is 0 Å². The highest BCUT2D eigenvalue weighted by Crippen LogP contribution is 2.22. The molecule has 1 fully saturated rings. The average Bonchev–Trinajstić information content (AvgIpc) is 2.71. The number of aliphatic hydroxyl groups excluding tert-OH is 1. The molecule has 8 heteroatoms. The third-order valence-electron chi connectivity index (χ3n) is 4.92. The quantitative estimate of drug-likeness (QED) is 0.250. The summed E-state index contributed by atoms with van der Waals surface area (Å²) < 4.78 is 19.9. The lowest BCUT2D eigenvalue weighted by Crippen LogP contribution is -2.40. The van der Waals surface area contributed by atoms with Crippen LogP contribution in [0.5, 0.6) is 0 Å².